The molecule has 2 heteroatoms. The summed E-state index contributed by atoms with van der Waals surface area (Å²) in [5, 5.41) is 9.07. The molecule has 0 saturated heterocycles. The molecule has 0 bridgehead atoms. The van der Waals surface area contributed by atoms with Gasteiger partial charge in [0, 0.05) is 11.1 Å². The summed E-state index contributed by atoms with van der Waals surface area (Å²) >= 11 is 0. The molecule has 1 atom stereocenters. The molecular formula is C14H22O2. The Kier molecular flexibility index (Phi) is 4.81. The van der Waals surface area contributed by atoms with Crippen LogP contribution in [0.1, 0.15) is 63.5 Å². The Balaban J connectivity index is 3.13. The first-order chi connectivity index (χ1) is 7.61. The van der Waals surface area contributed by atoms with Crippen LogP contribution >= 0.6 is 0 Å². The van der Waals surface area contributed by atoms with Crippen molar-refractivity contribution in [2.75, 3.05) is 0 Å². The predicted molar refractivity (Wildman–Crippen MR) is 67.1 cm³/mol. The van der Waals surface area contributed by atoms with E-state index in [0.29, 0.717) is 17.6 Å². The highest BCUT2D eigenvalue weighted by Crippen LogP contribution is 2.35. The van der Waals surface area contributed by atoms with Crippen LogP contribution in [0.5, 0.6) is 5.75 Å². The SMILES string of the molecule is CCCC(C)c1cccc(C(C)C)c1OO. The first kappa shape index (κ1) is 13.0. The molecule has 90 valence electrons. The third-order valence-corrected chi connectivity index (χ3v) is 3.04. The molecular weight excluding hydrogens is 200 g/mol. The van der Waals surface area contributed by atoms with Crippen LogP contribution in [-0.4, -0.2) is 5.26 Å². The maximum absolute atomic E-state index is 9.07. The summed E-state index contributed by atoms with van der Waals surface area (Å²) in [5.74, 6) is 1.43. The zero-order chi connectivity index (χ0) is 12.1. The molecule has 0 radical (unpaired) electrons. The summed E-state index contributed by atoms with van der Waals surface area (Å²) in [6.07, 6.45) is 2.25. The van der Waals surface area contributed by atoms with Crippen LogP contribution in [0, 0.1) is 0 Å². The van der Waals surface area contributed by atoms with Crippen molar-refractivity contribution in [3.05, 3.63) is 29.3 Å². The normalized spacial score (nSPS) is 12.9. The van der Waals surface area contributed by atoms with Gasteiger partial charge >= 0.3 is 0 Å². The molecule has 2 nitrogen and oxygen atoms in total. The fourth-order valence-corrected chi connectivity index (χ4v) is 2.11. The van der Waals surface area contributed by atoms with E-state index in [2.05, 4.69) is 32.6 Å². The lowest BCUT2D eigenvalue weighted by molar-refractivity contribution is -0.139. The molecule has 0 aliphatic carbocycles. The van der Waals surface area contributed by atoms with Crippen molar-refractivity contribution < 1.29 is 10.1 Å². The molecule has 1 aromatic rings. The van der Waals surface area contributed by atoms with Gasteiger partial charge in [-0.25, -0.2) is 5.26 Å². The minimum Gasteiger partial charge on any atom is -0.340 e. The fraction of sp³-hybridized carbons (Fsp3) is 0.571. The van der Waals surface area contributed by atoms with E-state index in [-0.39, 0.29) is 0 Å². The van der Waals surface area contributed by atoms with Crippen molar-refractivity contribution in [3.8, 4) is 5.75 Å². The van der Waals surface area contributed by atoms with Crippen LogP contribution in [0.25, 0.3) is 0 Å². The van der Waals surface area contributed by atoms with Crippen molar-refractivity contribution in [3.63, 3.8) is 0 Å². The molecule has 1 N–H and O–H groups in total. The van der Waals surface area contributed by atoms with Crippen molar-refractivity contribution in [1.82, 2.24) is 0 Å². The van der Waals surface area contributed by atoms with Crippen LogP contribution in [0.2, 0.25) is 0 Å². The van der Waals surface area contributed by atoms with Gasteiger partial charge in [-0.1, -0.05) is 52.3 Å². The maximum Gasteiger partial charge on any atom is 0.172 e. The fourth-order valence-electron chi connectivity index (χ4n) is 2.11. The van der Waals surface area contributed by atoms with Crippen molar-refractivity contribution in [2.45, 2.75) is 52.4 Å². The van der Waals surface area contributed by atoms with Gasteiger partial charge in [-0.2, -0.15) is 0 Å². The van der Waals surface area contributed by atoms with Gasteiger partial charge in [-0.3, -0.25) is 0 Å². The zero-order valence-corrected chi connectivity index (χ0v) is 10.7. The van der Waals surface area contributed by atoms with Gasteiger partial charge in [0.25, 0.3) is 0 Å². The minimum absolute atomic E-state index is 0.357. The molecule has 1 unspecified atom stereocenters. The lowest BCUT2D eigenvalue weighted by Gasteiger charge is -2.18. The van der Waals surface area contributed by atoms with E-state index in [1.165, 1.54) is 0 Å². The summed E-state index contributed by atoms with van der Waals surface area (Å²) in [4.78, 5) is 4.61. The van der Waals surface area contributed by atoms with Crippen LogP contribution in [0.3, 0.4) is 0 Å². The van der Waals surface area contributed by atoms with Crippen molar-refractivity contribution in [1.29, 1.82) is 0 Å². The Bertz CT molecular complexity index is 332. The quantitative estimate of drug-likeness (QED) is 0.584. The highest BCUT2D eigenvalue weighted by Gasteiger charge is 2.16. The standard InChI is InChI=1S/C14H22O2/c1-5-7-11(4)13-9-6-8-12(10(2)3)14(13)16-15/h6,8-11,15H,5,7H2,1-4H3. The topological polar surface area (TPSA) is 29.5 Å². The van der Waals surface area contributed by atoms with E-state index in [9.17, 15) is 0 Å². The number of hydrogen-bond donors (Lipinski definition) is 1. The maximum atomic E-state index is 9.07. The molecule has 0 amide bonds. The molecule has 0 aromatic heterocycles. The summed E-state index contributed by atoms with van der Waals surface area (Å²) in [5.41, 5.74) is 2.18. The molecule has 16 heavy (non-hydrogen) atoms. The predicted octanol–water partition coefficient (Wildman–Crippen LogP) is 4.57. The molecule has 0 saturated carbocycles. The van der Waals surface area contributed by atoms with Crippen LogP contribution in [-0.2, 0) is 0 Å². The Morgan fingerprint density at radius 1 is 1.19 bits per heavy atom. The van der Waals surface area contributed by atoms with Gasteiger partial charge in [-0.05, 0) is 18.3 Å². The van der Waals surface area contributed by atoms with E-state index >= 15 is 0 Å². The highest BCUT2D eigenvalue weighted by atomic mass is 17.1. The third-order valence-electron chi connectivity index (χ3n) is 3.04. The Morgan fingerprint density at radius 2 is 1.81 bits per heavy atom. The smallest absolute Gasteiger partial charge is 0.172 e. The van der Waals surface area contributed by atoms with Crippen molar-refractivity contribution in [2.24, 2.45) is 0 Å². The van der Waals surface area contributed by atoms with Crippen molar-refractivity contribution >= 4 is 0 Å². The molecule has 0 heterocycles. The Labute approximate surface area is 98.2 Å². The summed E-state index contributed by atoms with van der Waals surface area (Å²) in [6.45, 7) is 8.55. The van der Waals surface area contributed by atoms with E-state index in [0.717, 1.165) is 24.0 Å². The third kappa shape index (κ3) is 2.76. The summed E-state index contributed by atoms with van der Waals surface area (Å²) in [7, 11) is 0. The van der Waals surface area contributed by atoms with E-state index in [1.807, 2.05) is 18.2 Å². The van der Waals surface area contributed by atoms with Gasteiger partial charge < -0.3 is 4.89 Å². The van der Waals surface area contributed by atoms with Gasteiger partial charge in [0.15, 0.2) is 5.75 Å². The molecule has 0 fully saturated rings. The lowest BCUT2D eigenvalue weighted by atomic mass is 9.91. The average Bonchev–Trinajstić information content (AvgIpc) is 2.28. The second kappa shape index (κ2) is 5.90. The molecule has 1 aromatic carbocycles. The second-order valence-electron chi connectivity index (χ2n) is 4.70. The molecule has 0 aliphatic heterocycles. The summed E-state index contributed by atoms with van der Waals surface area (Å²) < 4.78 is 0. The van der Waals surface area contributed by atoms with Gasteiger partial charge in [0.2, 0.25) is 0 Å². The van der Waals surface area contributed by atoms with Gasteiger partial charge in [-0.15, -0.1) is 0 Å². The minimum atomic E-state index is 0.357. The number of para-hydroxylation sites is 1. The first-order valence-electron chi connectivity index (χ1n) is 6.06. The van der Waals surface area contributed by atoms with E-state index < -0.39 is 0 Å². The number of benzene rings is 1. The summed E-state index contributed by atoms with van der Waals surface area (Å²) in [6, 6.07) is 6.09. The highest BCUT2D eigenvalue weighted by molar-refractivity contribution is 5.44. The second-order valence-corrected chi connectivity index (χ2v) is 4.70. The van der Waals surface area contributed by atoms with Crippen LogP contribution < -0.4 is 4.89 Å². The van der Waals surface area contributed by atoms with Crippen LogP contribution in [0.4, 0.5) is 0 Å². The Morgan fingerprint density at radius 3 is 2.31 bits per heavy atom. The van der Waals surface area contributed by atoms with Crippen LogP contribution in [0.15, 0.2) is 18.2 Å². The van der Waals surface area contributed by atoms with E-state index in [1.54, 1.807) is 0 Å². The molecule has 0 aliphatic rings. The zero-order valence-electron chi connectivity index (χ0n) is 10.7. The molecule has 0 spiro atoms. The first-order valence-corrected chi connectivity index (χ1v) is 6.06. The monoisotopic (exact) mass is 222 g/mol. The Hall–Kier alpha value is -1.02. The number of hydrogen-bond acceptors (Lipinski definition) is 2. The largest absolute Gasteiger partial charge is 0.340 e. The molecule has 1 rings (SSSR count). The van der Waals surface area contributed by atoms with E-state index in [4.69, 9.17) is 5.26 Å². The number of rotatable bonds is 5. The lowest BCUT2D eigenvalue weighted by Crippen LogP contribution is -2.02. The van der Waals surface area contributed by atoms with Gasteiger partial charge in [0.05, 0.1) is 0 Å². The van der Waals surface area contributed by atoms with Gasteiger partial charge in [0.1, 0.15) is 0 Å². The average molecular weight is 222 g/mol.